The smallest absolute Gasteiger partial charge is 0.170 e. The number of ether oxygens (including phenoxy) is 1. The predicted molar refractivity (Wildman–Crippen MR) is 132 cm³/mol. The molecule has 5 rings (SSSR count). The fraction of sp³-hybridized carbons (Fsp3) is 0.192. The average molecular weight is 456 g/mol. The number of hydrogen-bond acceptors (Lipinski definition) is 4. The molecule has 33 heavy (non-hydrogen) atoms. The van der Waals surface area contributed by atoms with E-state index >= 15 is 0 Å². The van der Waals surface area contributed by atoms with Crippen LogP contribution in [0.5, 0.6) is 5.75 Å². The number of nitrogens with one attached hydrogen (secondary N) is 1. The summed E-state index contributed by atoms with van der Waals surface area (Å²) in [6.45, 7) is 2.77. The Morgan fingerprint density at radius 1 is 1.00 bits per heavy atom. The van der Waals surface area contributed by atoms with Crippen LogP contribution in [0.3, 0.4) is 0 Å². The van der Waals surface area contributed by atoms with Crippen LogP contribution in [0.15, 0.2) is 85.3 Å². The van der Waals surface area contributed by atoms with Gasteiger partial charge in [-0.1, -0.05) is 12.1 Å². The van der Waals surface area contributed by atoms with Crippen LogP contribution in [-0.4, -0.2) is 31.7 Å². The molecule has 3 aromatic heterocycles. The van der Waals surface area contributed by atoms with E-state index in [0.29, 0.717) is 11.7 Å². The number of benzene rings is 1. The Morgan fingerprint density at radius 2 is 1.85 bits per heavy atom. The summed E-state index contributed by atoms with van der Waals surface area (Å²) in [6.07, 6.45) is 5.51. The third-order valence-electron chi connectivity index (χ3n) is 6.01. The van der Waals surface area contributed by atoms with Crippen molar-refractivity contribution in [2.75, 3.05) is 7.11 Å². The molecule has 1 aliphatic rings. The summed E-state index contributed by atoms with van der Waals surface area (Å²) in [7, 11) is 1.68. The van der Waals surface area contributed by atoms with Crippen molar-refractivity contribution in [2.24, 2.45) is 0 Å². The van der Waals surface area contributed by atoms with Crippen molar-refractivity contribution in [3.05, 3.63) is 108 Å². The molecule has 0 radical (unpaired) electrons. The second-order valence-corrected chi connectivity index (χ2v) is 8.44. The van der Waals surface area contributed by atoms with Gasteiger partial charge in [-0.25, -0.2) is 0 Å². The van der Waals surface area contributed by atoms with Crippen LogP contribution >= 0.6 is 12.2 Å². The second-order valence-electron chi connectivity index (χ2n) is 8.05. The van der Waals surface area contributed by atoms with E-state index in [0.717, 1.165) is 34.1 Å². The highest BCUT2D eigenvalue weighted by Gasteiger charge is 2.41. The molecule has 1 aromatic carbocycles. The van der Waals surface area contributed by atoms with Crippen molar-refractivity contribution < 1.29 is 4.74 Å². The number of methoxy groups -OCH3 is 1. The summed E-state index contributed by atoms with van der Waals surface area (Å²) in [5.41, 5.74) is 5.43. The molecule has 6 nitrogen and oxygen atoms in total. The van der Waals surface area contributed by atoms with E-state index < -0.39 is 0 Å². The molecule has 0 saturated carbocycles. The summed E-state index contributed by atoms with van der Waals surface area (Å²) < 4.78 is 7.64. The highest BCUT2D eigenvalue weighted by molar-refractivity contribution is 7.80. The van der Waals surface area contributed by atoms with Gasteiger partial charge < -0.3 is 19.5 Å². The zero-order chi connectivity index (χ0) is 22.8. The first kappa shape index (κ1) is 21.2. The summed E-state index contributed by atoms with van der Waals surface area (Å²) in [4.78, 5) is 11.2. The van der Waals surface area contributed by atoms with Crippen molar-refractivity contribution in [3.8, 4) is 11.4 Å². The maximum atomic E-state index is 5.83. The van der Waals surface area contributed by atoms with E-state index in [9.17, 15) is 0 Å². The minimum absolute atomic E-state index is 0.0524. The van der Waals surface area contributed by atoms with Crippen LogP contribution in [0.25, 0.3) is 5.69 Å². The van der Waals surface area contributed by atoms with Crippen LogP contribution < -0.4 is 10.1 Å². The van der Waals surface area contributed by atoms with Gasteiger partial charge in [0.1, 0.15) is 5.75 Å². The standard InChI is InChI=1S/C26H25N5OS/c1-18-8-13-23(31(18)20-9-11-21(32-2)12-10-20)25-24(22-7-3-4-15-28-22)29-26(33)30(25)17-19-6-5-14-27-16-19/h3-16,24-25H,17H2,1-2H3,(H,29,33)/t24-,25+/m0/s1. The van der Waals surface area contributed by atoms with Gasteiger partial charge in [0.25, 0.3) is 0 Å². The molecular weight excluding hydrogens is 430 g/mol. The van der Waals surface area contributed by atoms with Gasteiger partial charge in [-0.05, 0) is 79.3 Å². The van der Waals surface area contributed by atoms with Crippen LogP contribution in [0.4, 0.5) is 0 Å². The largest absolute Gasteiger partial charge is 0.497 e. The van der Waals surface area contributed by atoms with E-state index in [1.165, 1.54) is 0 Å². The SMILES string of the molecule is COc1ccc(-n2c(C)ccc2[C@@H]2[C@H](c3ccccn3)NC(=S)N2Cc2cccnc2)cc1. The first-order valence-electron chi connectivity index (χ1n) is 10.9. The van der Waals surface area contributed by atoms with Gasteiger partial charge in [0.2, 0.25) is 0 Å². The third kappa shape index (κ3) is 4.07. The van der Waals surface area contributed by atoms with Crippen LogP contribution in [0.2, 0.25) is 0 Å². The van der Waals surface area contributed by atoms with Crippen molar-refractivity contribution in [1.82, 2.24) is 24.8 Å². The maximum Gasteiger partial charge on any atom is 0.170 e. The van der Waals surface area contributed by atoms with Gasteiger partial charge in [-0.2, -0.15) is 0 Å². The number of pyridine rings is 2. The lowest BCUT2D eigenvalue weighted by atomic mass is 10.0. The minimum atomic E-state index is -0.0818. The monoisotopic (exact) mass is 455 g/mol. The van der Waals surface area contributed by atoms with E-state index in [-0.39, 0.29) is 12.1 Å². The normalized spacial score (nSPS) is 17.8. The Hall–Kier alpha value is -3.71. The fourth-order valence-corrected chi connectivity index (χ4v) is 4.76. The van der Waals surface area contributed by atoms with Crippen molar-refractivity contribution in [1.29, 1.82) is 0 Å². The first-order chi connectivity index (χ1) is 16.2. The number of hydrogen-bond donors (Lipinski definition) is 1. The number of aromatic nitrogens is 3. The Labute approximate surface area is 198 Å². The molecule has 4 aromatic rings. The molecular formula is C26H25N5OS. The molecule has 0 unspecified atom stereocenters. The van der Waals surface area contributed by atoms with Crippen LogP contribution in [-0.2, 0) is 6.54 Å². The van der Waals surface area contributed by atoms with Crippen LogP contribution in [0, 0.1) is 6.92 Å². The quantitative estimate of drug-likeness (QED) is 0.423. The Kier molecular flexibility index (Phi) is 5.79. The van der Waals surface area contributed by atoms with Gasteiger partial charge in [-0.15, -0.1) is 0 Å². The van der Waals surface area contributed by atoms with E-state index in [1.54, 1.807) is 13.3 Å². The number of rotatable bonds is 6. The molecule has 0 amide bonds. The Balaban J connectivity index is 1.62. The average Bonchev–Trinajstić information content (AvgIpc) is 3.39. The molecule has 1 aliphatic heterocycles. The van der Waals surface area contributed by atoms with E-state index in [1.807, 2.05) is 48.8 Å². The highest BCUT2D eigenvalue weighted by atomic mass is 32.1. The maximum absolute atomic E-state index is 5.83. The molecule has 0 aliphatic carbocycles. The topological polar surface area (TPSA) is 55.2 Å². The van der Waals surface area contributed by atoms with Gasteiger partial charge in [-0.3, -0.25) is 9.97 Å². The van der Waals surface area contributed by atoms with Crippen molar-refractivity contribution in [2.45, 2.75) is 25.6 Å². The second kappa shape index (κ2) is 9.03. The molecule has 1 fully saturated rings. The predicted octanol–water partition coefficient (Wildman–Crippen LogP) is 4.76. The summed E-state index contributed by atoms with van der Waals surface area (Å²) in [6, 6.07) is 22.4. The third-order valence-corrected chi connectivity index (χ3v) is 6.37. The van der Waals surface area contributed by atoms with Crippen molar-refractivity contribution in [3.63, 3.8) is 0 Å². The molecule has 0 bridgehead atoms. The molecule has 1 N–H and O–H groups in total. The molecule has 4 heterocycles. The zero-order valence-electron chi connectivity index (χ0n) is 18.6. The lowest BCUT2D eigenvalue weighted by molar-refractivity contribution is 0.301. The van der Waals surface area contributed by atoms with E-state index in [4.69, 9.17) is 17.0 Å². The van der Waals surface area contributed by atoms with Crippen molar-refractivity contribution >= 4 is 17.3 Å². The van der Waals surface area contributed by atoms with E-state index in [2.05, 4.69) is 62.0 Å². The summed E-state index contributed by atoms with van der Waals surface area (Å²) >= 11 is 5.83. The first-order valence-corrected chi connectivity index (χ1v) is 11.3. The van der Waals surface area contributed by atoms with Gasteiger partial charge >= 0.3 is 0 Å². The number of aryl methyl sites for hydroxylation is 1. The number of thiocarbonyl (C=S) groups is 1. The molecule has 1 saturated heterocycles. The lowest BCUT2D eigenvalue weighted by Gasteiger charge is -2.29. The lowest BCUT2D eigenvalue weighted by Crippen LogP contribution is -2.30. The molecule has 2 atom stereocenters. The van der Waals surface area contributed by atoms with Gasteiger partial charge in [0, 0.05) is 42.2 Å². The fourth-order valence-electron chi connectivity index (χ4n) is 4.46. The Morgan fingerprint density at radius 3 is 2.55 bits per heavy atom. The van der Waals surface area contributed by atoms with Crippen LogP contribution in [0.1, 0.15) is 34.7 Å². The molecule has 166 valence electrons. The summed E-state index contributed by atoms with van der Waals surface area (Å²) in [5.74, 6) is 0.832. The minimum Gasteiger partial charge on any atom is -0.497 e. The molecule has 0 spiro atoms. The zero-order valence-corrected chi connectivity index (χ0v) is 19.4. The van der Waals surface area contributed by atoms with Gasteiger partial charge in [0.05, 0.1) is 24.9 Å². The highest BCUT2D eigenvalue weighted by Crippen LogP contribution is 2.41. The number of nitrogens with zero attached hydrogens (tertiary/aromatic N) is 4. The van der Waals surface area contributed by atoms with Gasteiger partial charge in [0.15, 0.2) is 5.11 Å². The Bertz CT molecular complexity index is 1240. The molecule has 7 heteroatoms. The summed E-state index contributed by atoms with van der Waals surface area (Å²) in [5, 5.41) is 4.24.